The summed E-state index contributed by atoms with van der Waals surface area (Å²) in [7, 11) is 0. The van der Waals surface area contributed by atoms with Crippen LogP contribution in [0.2, 0.25) is 0 Å². The van der Waals surface area contributed by atoms with Crippen molar-refractivity contribution in [3.8, 4) is 0 Å². The largest absolute Gasteiger partial charge is 0.481 e. The summed E-state index contributed by atoms with van der Waals surface area (Å²) in [4.78, 5) is 23.0. The summed E-state index contributed by atoms with van der Waals surface area (Å²) in [5.74, 6) is -1.94. The fraction of sp³-hybridized carbons (Fsp3) is 0.400. The third-order valence-corrected chi connectivity index (χ3v) is 4.95. The number of hydrogen-bond acceptors (Lipinski definition) is 4. The van der Waals surface area contributed by atoms with Crippen molar-refractivity contribution in [2.45, 2.75) is 6.04 Å². The van der Waals surface area contributed by atoms with Gasteiger partial charge in [-0.1, -0.05) is 0 Å². The van der Waals surface area contributed by atoms with Crippen molar-refractivity contribution in [2.24, 2.45) is 5.92 Å². The third kappa shape index (κ3) is 2.93. The van der Waals surface area contributed by atoms with E-state index in [2.05, 4.69) is 37.2 Å². The Hall–Kier alpha value is -0.440. The third-order valence-electron chi connectivity index (χ3n) is 2.62. The Labute approximate surface area is 124 Å². The number of thiophene rings is 1. The lowest BCUT2D eigenvalue weighted by Crippen LogP contribution is -2.42. The monoisotopic (exact) mass is 397 g/mol. The van der Waals surface area contributed by atoms with Gasteiger partial charge >= 0.3 is 5.97 Å². The number of carbonyl (C=O) groups excluding carboxylic acids is 1. The molecule has 0 radical (unpaired) electrons. The van der Waals surface area contributed by atoms with E-state index in [1.807, 2.05) is 0 Å². The summed E-state index contributed by atoms with van der Waals surface area (Å²) < 4.78 is 6.63. The Kier molecular flexibility index (Phi) is 4.41. The van der Waals surface area contributed by atoms with Gasteiger partial charge in [0.25, 0.3) is 5.91 Å². The van der Waals surface area contributed by atoms with Crippen LogP contribution in [0.4, 0.5) is 0 Å². The van der Waals surface area contributed by atoms with Crippen molar-refractivity contribution in [1.82, 2.24) is 5.32 Å². The Bertz CT molecular complexity index is 490. The van der Waals surface area contributed by atoms with Gasteiger partial charge < -0.3 is 15.2 Å². The molecular weight excluding hydrogens is 390 g/mol. The van der Waals surface area contributed by atoms with Gasteiger partial charge in [0.05, 0.1) is 32.4 Å². The first-order valence-corrected chi connectivity index (χ1v) is 7.45. The molecule has 98 valence electrons. The number of amides is 1. The number of carboxylic acids is 1. The zero-order chi connectivity index (χ0) is 13.3. The molecular formula is C10H9Br2NO4S. The predicted octanol–water partition coefficient (Wildman–Crippen LogP) is 2.10. The quantitative estimate of drug-likeness (QED) is 0.817. The second-order valence-electron chi connectivity index (χ2n) is 3.80. The summed E-state index contributed by atoms with van der Waals surface area (Å²) in [6.07, 6.45) is 0. The standard InChI is InChI=1S/C10H9Br2NO4S/c11-7-1-4(8(12)18-7)9(14)13-6-3-17-2-5(6)10(15)16/h1,5-6H,2-3H2,(H,13,14)(H,15,16). The molecule has 1 amide bonds. The second-order valence-corrected chi connectivity index (χ2v) is 7.55. The smallest absolute Gasteiger partial charge is 0.311 e. The van der Waals surface area contributed by atoms with Crippen LogP contribution in [-0.2, 0) is 9.53 Å². The number of aliphatic carboxylic acids is 1. The fourth-order valence-electron chi connectivity index (χ4n) is 1.68. The van der Waals surface area contributed by atoms with Crippen LogP contribution >= 0.6 is 43.2 Å². The average molecular weight is 399 g/mol. The van der Waals surface area contributed by atoms with E-state index in [0.717, 1.165) is 3.79 Å². The summed E-state index contributed by atoms with van der Waals surface area (Å²) in [5.41, 5.74) is 0.489. The van der Waals surface area contributed by atoms with Gasteiger partial charge in [-0.05, 0) is 37.9 Å². The summed E-state index contributed by atoms with van der Waals surface area (Å²) >= 11 is 7.97. The molecule has 0 aromatic carbocycles. The zero-order valence-electron chi connectivity index (χ0n) is 8.98. The predicted molar refractivity (Wildman–Crippen MR) is 72.9 cm³/mol. The number of halogens is 2. The molecule has 8 heteroatoms. The SMILES string of the molecule is O=C(NC1COCC1C(=O)O)c1cc(Br)sc1Br. The van der Waals surface area contributed by atoms with E-state index in [0.29, 0.717) is 9.35 Å². The van der Waals surface area contributed by atoms with Crippen LogP contribution in [0.3, 0.4) is 0 Å². The van der Waals surface area contributed by atoms with Gasteiger partial charge in [0.15, 0.2) is 0 Å². The maximum atomic E-state index is 12.0. The first-order valence-electron chi connectivity index (χ1n) is 5.05. The van der Waals surface area contributed by atoms with Crippen LogP contribution in [0.25, 0.3) is 0 Å². The molecule has 0 bridgehead atoms. The van der Waals surface area contributed by atoms with Crippen molar-refractivity contribution < 1.29 is 19.4 Å². The summed E-state index contributed by atoms with van der Waals surface area (Å²) in [6, 6.07) is 1.20. The Morgan fingerprint density at radius 2 is 2.17 bits per heavy atom. The highest BCUT2D eigenvalue weighted by molar-refractivity contribution is 9.12. The molecule has 0 saturated carbocycles. The minimum absolute atomic E-state index is 0.134. The summed E-state index contributed by atoms with van der Waals surface area (Å²) in [5, 5.41) is 11.7. The Morgan fingerprint density at radius 1 is 1.44 bits per heavy atom. The van der Waals surface area contributed by atoms with E-state index < -0.39 is 17.9 Å². The molecule has 0 spiro atoms. The Morgan fingerprint density at radius 3 is 2.72 bits per heavy atom. The van der Waals surface area contributed by atoms with Gasteiger partial charge in [0.1, 0.15) is 5.92 Å². The van der Waals surface area contributed by atoms with Gasteiger partial charge in [-0.2, -0.15) is 0 Å². The second kappa shape index (κ2) is 5.68. The van der Waals surface area contributed by atoms with Crippen LogP contribution in [0, 0.1) is 5.92 Å². The average Bonchev–Trinajstić information content (AvgIpc) is 2.85. The van der Waals surface area contributed by atoms with E-state index in [-0.39, 0.29) is 19.1 Å². The van der Waals surface area contributed by atoms with Crippen molar-refractivity contribution in [3.63, 3.8) is 0 Å². The summed E-state index contributed by atoms with van der Waals surface area (Å²) in [6.45, 7) is 0.362. The van der Waals surface area contributed by atoms with Crippen LogP contribution in [0.1, 0.15) is 10.4 Å². The van der Waals surface area contributed by atoms with Crippen LogP contribution < -0.4 is 5.32 Å². The number of carboxylic acid groups (broad SMARTS) is 1. The highest BCUT2D eigenvalue weighted by atomic mass is 79.9. The molecule has 2 unspecified atom stereocenters. The topological polar surface area (TPSA) is 75.6 Å². The van der Waals surface area contributed by atoms with Crippen LogP contribution in [0.15, 0.2) is 13.6 Å². The molecule has 1 aliphatic heterocycles. The number of rotatable bonds is 3. The molecule has 2 atom stereocenters. The van der Waals surface area contributed by atoms with E-state index >= 15 is 0 Å². The lowest BCUT2D eigenvalue weighted by atomic mass is 10.0. The number of hydrogen-bond donors (Lipinski definition) is 2. The number of nitrogens with one attached hydrogen (secondary N) is 1. The maximum absolute atomic E-state index is 12.0. The van der Waals surface area contributed by atoms with Gasteiger partial charge in [-0.3, -0.25) is 9.59 Å². The van der Waals surface area contributed by atoms with E-state index in [4.69, 9.17) is 9.84 Å². The molecule has 1 aliphatic rings. The van der Waals surface area contributed by atoms with Gasteiger partial charge in [-0.25, -0.2) is 0 Å². The number of carbonyl (C=O) groups is 2. The highest BCUT2D eigenvalue weighted by Gasteiger charge is 2.35. The van der Waals surface area contributed by atoms with E-state index in [1.165, 1.54) is 11.3 Å². The lowest BCUT2D eigenvalue weighted by Gasteiger charge is -2.15. The molecule has 1 aromatic rings. The molecule has 18 heavy (non-hydrogen) atoms. The van der Waals surface area contributed by atoms with Crippen molar-refractivity contribution in [3.05, 3.63) is 19.2 Å². The molecule has 2 N–H and O–H groups in total. The molecule has 2 heterocycles. The Balaban J connectivity index is 2.07. The molecule has 2 rings (SSSR count). The number of ether oxygens (including phenoxy) is 1. The van der Waals surface area contributed by atoms with Crippen LogP contribution in [0.5, 0.6) is 0 Å². The molecule has 1 saturated heterocycles. The zero-order valence-corrected chi connectivity index (χ0v) is 13.0. The van der Waals surface area contributed by atoms with Gasteiger partial charge in [-0.15, -0.1) is 11.3 Å². The van der Waals surface area contributed by atoms with Crippen molar-refractivity contribution in [1.29, 1.82) is 0 Å². The maximum Gasteiger partial charge on any atom is 0.311 e. The molecule has 1 aromatic heterocycles. The molecule has 1 fully saturated rings. The van der Waals surface area contributed by atoms with Crippen molar-refractivity contribution in [2.75, 3.05) is 13.2 Å². The van der Waals surface area contributed by atoms with Gasteiger partial charge in [0, 0.05) is 0 Å². The molecule has 0 aliphatic carbocycles. The minimum Gasteiger partial charge on any atom is -0.481 e. The first kappa shape index (κ1) is 14.0. The highest BCUT2D eigenvalue weighted by Crippen LogP contribution is 2.32. The lowest BCUT2D eigenvalue weighted by molar-refractivity contribution is -0.142. The van der Waals surface area contributed by atoms with E-state index in [1.54, 1.807) is 6.07 Å². The first-order chi connectivity index (χ1) is 8.49. The minimum atomic E-state index is -0.955. The normalized spacial score (nSPS) is 23.0. The molecule has 5 nitrogen and oxygen atoms in total. The van der Waals surface area contributed by atoms with E-state index in [9.17, 15) is 9.59 Å². The fourth-order valence-corrected chi connectivity index (χ4v) is 4.47. The van der Waals surface area contributed by atoms with Gasteiger partial charge in [0.2, 0.25) is 0 Å². The van der Waals surface area contributed by atoms with Crippen LogP contribution in [-0.4, -0.2) is 36.2 Å². The van der Waals surface area contributed by atoms with Crippen molar-refractivity contribution >= 4 is 55.1 Å².